The molecule has 0 aliphatic heterocycles. The minimum absolute atomic E-state index is 0.0307. The van der Waals surface area contributed by atoms with Crippen LogP contribution in [0.5, 0.6) is 0 Å². The van der Waals surface area contributed by atoms with Crippen LogP contribution >= 0.6 is 0 Å². The molecule has 0 aliphatic carbocycles. The zero-order chi connectivity index (χ0) is 30.5. The van der Waals surface area contributed by atoms with Gasteiger partial charge in [-0.05, 0) is 30.7 Å². The molecule has 0 saturated heterocycles. The van der Waals surface area contributed by atoms with Crippen LogP contribution in [0.2, 0.25) is 0 Å². The number of ether oxygens (including phenoxy) is 1. The number of carbonyl (C=O) groups is 1. The Balaban J connectivity index is 1.56. The van der Waals surface area contributed by atoms with E-state index in [0.29, 0.717) is 11.3 Å². The number of anilines is 2. The number of hydrogen-bond donors (Lipinski definition) is 1. The van der Waals surface area contributed by atoms with E-state index < -0.39 is 41.2 Å². The largest absolute Gasteiger partial charge is 0.465 e. The van der Waals surface area contributed by atoms with Crippen LogP contribution in [0.1, 0.15) is 32.6 Å². The number of benzene rings is 3. The molecule has 3 aromatic carbocycles. The molecule has 2 aromatic heterocycles. The normalized spacial score (nSPS) is 10.7. The lowest BCUT2D eigenvalue weighted by Crippen LogP contribution is -2.27. The summed E-state index contributed by atoms with van der Waals surface area (Å²) in [6.45, 7) is 1.22. The van der Waals surface area contributed by atoms with Gasteiger partial charge in [0, 0.05) is 29.1 Å². The third-order valence-electron chi connectivity index (χ3n) is 6.62. The fourth-order valence-corrected chi connectivity index (χ4v) is 4.44. The van der Waals surface area contributed by atoms with Crippen LogP contribution < -0.4 is 10.9 Å². The van der Waals surface area contributed by atoms with Crippen molar-refractivity contribution >= 4 is 28.9 Å². The average molecular weight is 583 g/mol. The molecule has 0 fully saturated rings. The number of halogens is 3. The molecule has 216 valence electrons. The minimum atomic E-state index is -1.37. The monoisotopic (exact) mass is 582 g/mol. The summed E-state index contributed by atoms with van der Waals surface area (Å²) in [6, 6.07) is 23.8. The van der Waals surface area contributed by atoms with Gasteiger partial charge in [0.15, 0.2) is 11.6 Å². The molecule has 43 heavy (non-hydrogen) atoms. The summed E-state index contributed by atoms with van der Waals surface area (Å²) < 4.78 is 51.4. The second kappa shape index (κ2) is 12.6. The first kappa shape index (κ1) is 29.0. The van der Waals surface area contributed by atoms with Crippen LogP contribution in [0.4, 0.5) is 30.4 Å². The average Bonchev–Trinajstić information content (AvgIpc) is 3.02. The minimum Gasteiger partial charge on any atom is -0.465 e. The lowest BCUT2D eigenvalue weighted by Gasteiger charge is -2.16. The Morgan fingerprint density at radius 2 is 1.58 bits per heavy atom. The highest BCUT2D eigenvalue weighted by molar-refractivity contribution is 6.13. The smallest absolute Gasteiger partial charge is 0.341 e. The summed E-state index contributed by atoms with van der Waals surface area (Å²) in [5, 5.41) is 2.49. The second-order valence-electron chi connectivity index (χ2n) is 9.56. The number of aliphatic imine (C=N–C) groups is 1. The number of hydrogen-bond acceptors (Lipinski definition) is 6. The van der Waals surface area contributed by atoms with Crippen LogP contribution in [0.15, 0.2) is 107 Å². The van der Waals surface area contributed by atoms with Gasteiger partial charge in [-0.3, -0.25) is 4.79 Å². The maximum Gasteiger partial charge on any atom is 0.341 e. The fraction of sp³-hybridized carbons (Fsp3) is 0.0909. The van der Waals surface area contributed by atoms with Gasteiger partial charge >= 0.3 is 5.97 Å². The van der Waals surface area contributed by atoms with E-state index in [4.69, 9.17) is 4.74 Å². The summed E-state index contributed by atoms with van der Waals surface area (Å²) in [7, 11) is 1.08. The van der Waals surface area contributed by atoms with E-state index in [0.717, 1.165) is 29.0 Å². The molecule has 1 N–H and O–H groups in total. The van der Waals surface area contributed by atoms with Crippen molar-refractivity contribution in [3.8, 4) is 0 Å². The molecule has 0 unspecified atom stereocenters. The van der Waals surface area contributed by atoms with Crippen LogP contribution in [-0.4, -0.2) is 28.3 Å². The molecule has 0 bridgehead atoms. The number of rotatable bonds is 8. The van der Waals surface area contributed by atoms with E-state index in [-0.39, 0.29) is 22.6 Å². The third kappa shape index (κ3) is 6.23. The first-order valence-corrected chi connectivity index (χ1v) is 13.1. The van der Waals surface area contributed by atoms with Crippen molar-refractivity contribution in [2.24, 2.45) is 4.99 Å². The van der Waals surface area contributed by atoms with Crippen LogP contribution in [-0.2, 0) is 11.3 Å². The number of pyridine rings is 2. The SMILES string of the molecule is COC(=O)c1cn(Cc2ccnc(N=C(c3ccccc3)c3ccccc3)c2F)c(=O)c(F)c1Nc1ccc(C)cc1F. The predicted molar refractivity (Wildman–Crippen MR) is 158 cm³/mol. The van der Waals surface area contributed by atoms with Gasteiger partial charge in [-0.2, -0.15) is 4.39 Å². The first-order valence-electron chi connectivity index (χ1n) is 13.1. The van der Waals surface area contributed by atoms with Crippen molar-refractivity contribution < 1.29 is 22.7 Å². The van der Waals surface area contributed by atoms with Gasteiger partial charge < -0.3 is 14.6 Å². The summed E-state index contributed by atoms with van der Waals surface area (Å²) in [4.78, 5) is 34.3. The molecule has 0 radical (unpaired) electrons. The zero-order valence-corrected chi connectivity index (χ0v) is 23.1. The van der Waals surface area contributed by atoms with Crippen molar-refractivity contribution in [1.29, 1.82) is 0 Å². The van der Waals surface area contributed by atoms with E-state index in [1.54, 1.807) is 13.0 Å². The Hall–Kier alpha value is -5.51. The van der Waals surface area contributed by atoms with Gasteiger partial charge in [0.2, 0.25) is 5.82 Å². The highest BCUT2D eigenvalue weighted by Gasteiger charge is 2.23. The Bertz CT molecular complexity index is 1850. The number of aryl methyl sites for hydroxylation is 1. The summed E-state index contributed by atoms with van der Waals surface area (Å²) in [6.07, 6.45) is 2.36. The van der Waals surface area contributed by atoms with E-state index >= 15 is 8.78 Å². The Morgan fingerprint density at radius 1 is 0.930 bits per heavy atom. The number of methoxy groups -OCH3 is 1. The second-order valence-corrected chi connectivity index (χ2v) is 9.56. The van der Waals surface area contributed by atoms with E-state index in [9.17, 15) is 14.0 Å². The van der Waals surface area contributed by atoms with E-state index in [1.807, 2.05) is 60.7 Å². The van der Waals surface area contributed by atoms with Gasteiger partial charge in [-0.25, -0.2) is 23.6 Å². The third-order valence-corrected chi connectivity index (χ3v) is 6.62. The molecule has 0 saturated carbocycles. The topological polar surface area (TPSA) is 85.6 Å². The van der Waals surface area contributed by atoms with Gasteiger partial charge in [0.1, 0.15) is 11.4 Å². The molecule has 10 heteroatoms. The molecule has 0 amide bonds. The van der Waals surface area contributed by atoms with Gasteiger partial charge in [-0.1, -0.05) is 66.7 Å². The molecule has 0 aliphatic rings. The quantitative estimate of drug-likeness (QED) is 0.162. The van der Waals surface area contributed by atoms with Crippen LogP contribution in [0.3, 0.4) is 0 Å². The molecule has 7 nitrogen and oxygen atoms in total. The number of nitrogens with one attached hydrogen (secondary N) is 1. The Kier molecular flexibility index (Phi) is 8.47. The lowest BCUT2D eigenvalue weighted by molar-refractivity contribution is 0.0600. The van der Waals surface area contributed by atoms with Crippen molar-refractivity contribution in [1.82, 2.24) is 9.55 Å². The molecule has 0 spiro atoms. The molecule has 2 heterocycles. The summed E-state index contributed by atoms with van der Waals surface area (Å²) >= 11 is 0. The Labute approximate surface area is 245 Å². The number of aromatic nitrogens is 2. The van der Waals surface area contributed by atoms with E-state index in [2.05, 4.69) is 15.3 Å². The van der Waals surface area contributed by atoms with Crippen molar-refractivity contribution in [3.63, 3.8) is 0 Å². The number of nitrogens with zero attached hydrogens (tertiary/aromatic N) is 3. The van der Waals surface area contributed by atoms with E-state index in [1.165, 1.54) is 24.4 Å². The van der Waals surface area contributed by atoms with Gasteiger partial charge in [-0.15, -0.1) is 0 Å². The van der Waals surface area contributed by atoms with Gasteiger partial charge in [0.05, 0.1) is 30.7 Å². The van der Waals surface area contributed by atoms with Crippen molar-refractivity contribution in [3.05, 3.63) is 153 Å². The highest BCUT2D eigenvalue weighted by Crippen LogP contribution is 2.27. The molecule has 5 aromatic rings. The maximum absolute atomic E-state index is 15.8. The highest BCUT2D eigenvalue weighted by atomic mass is 19.1. The van der Waals surface area contributed by atoms with Crippen LogP contribution in [0, 0.1) is 24.4 Å². The maximum atomic E-state index is 15.8. The zero-order valence-electron chi connectivity index (χ0n) is 23.1. The predicted octanol–water partition coefficient (Wildman–Crippen LogP) is 6.72. The molecule has 5 rings (SSSR count). The summed E-state index contributed by atoms with van der Waals surface area (Å²) in [5.74, 6) is -4.14. The summed E-state index contributed by atoms with van der Waals surface area (Å²) in [5.41, 5.74) is 0.255. The van der Waals surface area contributed by atoms with Gasteiger partial charge in [0.25, 0.3) is 5.56 Å². The van der Waals surface area contributed by atoms with Crippen molar-refractivity contribution in [2.45, 2.75) is 13.5 Å². The molecular formula is C33H25F3N4O3. The number of esters is 1. The number of carbonyl (C=O) groups excluding carboxylic acids is 1. The lowest BCUT2D eigenvalue weighted by atomic mass is 10.0. The van der Waals surface area contributed by atoms with Crippen molar-refractivity contribution in [2.75, 3.05) is 12.4 Å². The molecule has 0 atom stereocenters. The standard InChI is InChI=1S/C33H25F3N4O3/c1-20-13-14-26(25(34)17-20)38-30-24(33(42)43-2)19-40(32(41)28(30)36)18-23-15-16-37-31(27(23)35)39-29(21-9-5-3-6-10-21)22-11-7-4-8-12-22/h3-17,19,38H,18H2,1-2H3. The fourth-order valence-electron chi connectivity index (χ4n) is 4.44. The molecular weight excluding hydrogens is 557 g/mol. The van der Waals surface area contributed by atoms with Crippen LogP contribution in [0.25, 0.3) is 0 Å². The Morgan fingerprint density at radius 3 is 2.19 bits per heavy atom. The first-order chi connectivity index (χ1) is 20.8.